The topological polar surface area (TPSA) is 30.8 Å². The molecule has 0 unspecified atom stereocenters. The monoisotopic (exact) mass is 315 g/mol. The predicted molar refractivity (Wildman–Crippen MR) is 93.9 cm³/mol. The van der Waals surface area contributed by atoms with Crippen LogP contribution in [-0.2, 0) is 0 Å². The number of benzene rings is 2. The fraction of sp³-hybridized carbons (Fsp3) is 0.167. The van der Waals surface area contributed by atoms with Gasteiger partial charge in [0.15, 0.2) is 5.75 Å². The minimum atomic E-state index is 0.604. The van der Waals surface area contributed by atoms with Gasteiger partial charge >= 0.3 is 0 Å². The molecule has 0 aliphatic rings. The first-order chi connectivity index (χ1) is 10.7. The zero-order chi connectivity index (χ0) is 16.1. The van der Waals surface area contributed by atoms with E-state index in [0.29, 0.717) is 16.5 Å². The predicted octanol–water partition coefficient (Wildman–Crippen LogP) is 5.39. The normalized spacial score (nSPS) is 10.7. The molecule has 2 aromatic rings. The van der Waals surface area contributed by atoms with Gasteiger partial charge in [0, 0.05) is 11.1 Å². The number of rotatable bonds is 5. The summed E-state index contributed by atoms with van der Waals surface area (Å²) in [6.45, 7) is 5.57. The molecule has 0 bridgehead atoms. The maximum absolute atomic E-state index is 6.41. The third kappa shape index (κ3) is 3.00. The maximum Gasteiger partial charge on any atom is 0.152 e. The molecular formula is C18H18ClNO2. The minimum Gasteiger partial charge on any atom is -0.497 e. The lowest BCUT2D eigenvalue weighted by Gasteiger charge is -2.15. The van der Waals surface area contributed by atoms with Crippen molar-refractivity contribution in [3.8, 4) is 22.6 Å². The van der Waals surface area contributed by atoms with Crippen molar-refractivity contribution in [1.29, 1.82) is 0 Å². The van der Waals surface area contributed by atoms with Crippen molar-refractivity contribution in [2.45, 2.75) is 6.92 Å². The summed E-state index contributed by atoms with van der Waals surface area (Å²) in [7, 11) is 3.25. The molecule has 0 atom stereocenters. The summed E-state index contributed by atoms with van der Waals surface area (Å²) in [4.78, 5) is 4.11. The largest absolute Gasteiger partial charge is 0.497 e. The van der Waals surface area contributed by atoms with E-state index in [1.165, 1.54) is 0 Å². The second-order valence-electron chi connectivity index (χ2n) is 4.59. The second kappa shape index (κ2) is 7.14. The van der Waals surface area contributed by atoms with Crippen LogP contribution in [0.4, 0.5) is 5.69 Å². The number of aliphatic imine (C=N–C) groups is 1. The van der Waals surface area contributed by atoms with Crippen LogP contribution < -0.4 is 9.47 Å². The van der Waals surface area contributed by atoms with Gasteiger partial charge in [-0.15, -0.1) is 0 Å². The molecule has 3 nitrogen and oxygen atoms in total. The number of hydrogen-bond acceptors (Lipinski definition) is 3. The fourth-order valence-corrected chi connectivity index (χ4v) is 2.57. The second-order valence-corrected chi connectivity index (χ2v) is 5.00. The molecule has 0 fully saturated rings. The van der Waals surface area contributed by atoms with Gasteiger partial charge in [0.2, 0.25) is 0 Å². The highest BCUT2D eigenvalue weighted by Crippen LogP contribution is 2.44. The molecule has 2 aromatic carbocycles. The molecule has 0 N–H and O–H groups in total. The Hall–Kier alpha value is -2.26. The van der Waals surface area contributed by atoms with E-state index in [0.717, 1.165) is 22.4 Å². The Kier molecular flexibility index (Phi) is 5.23. The lowest BCUT2D eigenvalue weighted by atomic mass is 10.00. The van der Waals surface area contributed by atoms with Crippen LogP contribution in [0.2, 0.25) is 5.02 Å². The zero-order valence-corrected chi connectivity index (χ0v) is 13.6. The highest BCUT2D eigenvalue weighted by Gasteiger charge is 2.17. The first kappa shape index (κ1) is 16.1. The van der Waals surface area contributed by atoms with E-state index in [1.807, 2.05) is 49.4 Å². The van der Waals surface area contributed by atoms with Crippen molar-refractivity contribution >= 4 is 30.1 Å². The third-order valence-electron chi connectivity index (χ3n) is 3.34. The molecule has 4 heteroatoms. The Bertz CT molecular complexity index is 706. The SMILES string of the molecule is C=Nc1c(/C=C\C)c(Cl)cc(-c2ccc(OC)cc2)c1OC. The molecule has 0 heterocycles. The number of ether oxygens (including phenoxy) is 2. The van der Waals surface area contributed by atoms with E-state index >= 15 is 0 Å². The molecule has 22 heavy (non-hydrogen) atoms. The van der Waals surface area contributed by atoms with Gasteiger partial charge in [-0.25, -0.2) is 0 Å². The molecular weight excluding hydrogens is 298 g/mol. The van der Waals surface area contributed by atoms with Gasteiger partial charge in [0.05, 0.1) is 19.2 Å². The number of methoxy groups -OCH3 is 2. The first-order valence-corrected chi connectivity index (χ1v) is 7.18. The Morgan fingerprint density at radius 3 is 2.32 bits per heavy atom. The standard InChI is InChI=1S/C18H18ClNO2/c1-5-6-14-16(19)11-15(18(22-4)17(14)20-2)12-7-9-13(21-3)10-8-12/h5-11H,2H2,1,3-4H3/b6-5-. The van der Waals surface area contributed by atoms with Crippen LogP contribution in [0.3, 0.4) is 0 Å². The molecule has 0 aliphatic heterocycles. The Labute approximate surface area is 135 Å². The average Bonchev–Trinajstić information content (AvgIpc) is 2.56. The van der Waals surface area contributed by atoms with Gasteiger partial charge in [0.1, 0.15) is 11.4 Å². The average molecular weight is 316 g/mol. The quantitative estimate of drug-likeness (QED) is 0.693. The molecule has 0 amide bonds. The van der Waals surface area contributed by atoms with Crippen molar-refractivity contribution in [1.82, 2.24) is 0 Å². The fourth-order valence-electron chi connectivity index (χ4n) is 2.31. The molecule has 114 valence electrons. The number of allylic oxidation sites excluding steroid dienone is 1. The summed E-state index contributed by atoms with van der Waals surface area (Å²) >= 11 is 6.41. The minimum absolute atomic E-state index is 0.604. The van der Waals surface area contributed by atoms with Gasteiger partial charge in [-0.05, 0) is 37.4 Å². The van der Waals surface area contributed by atoms with Crippen molar-refractivity contribution in [3.63, 3.8) is 0 Å². The maximum atomic E-state index is 6.41. The lowest BCUT2D eigenvalue weighted by molar-refractivity contribution is 0.414. The molecule has 0 radical (unpaired) electrons. The number of hydrogen-bond donors (Lipinski definition) is 0. The van der Waals surface area contributed by atoms with Crippen LogP contribution in [0.5, 0.6) is 11.5 Å². The highest BCUT2D eigenvalue weighted by molar-refractivity contribution is 6.33. The van der Waals surface area contributed by atoms with Gasteiger partial charge in [-0.3, -0.25) is 4.99 Å². The van der Waals surface area contributed by atoms with Crippen LogP contribution in [0.1, 0.15) is 12.5 Å². The van der Waals surface area contributed by atoms with E-state index in [9.17, 15) is 0 Å². The summed E-state index contributed by atoms with van der Waals surface area (Å²) < 4.78 is 10.7. The summed E-state index contributed by atoms with van der Waals surface area (Å²) in [5, 5.41) is 0.604. The Morgan fingerprint density at radius 1 is 1.14 bits per heavy atom. The Balaban J connectivity index is 2.69. The van der Waals surface area contributed by atoms with Crippen molar-refractivity contribution in [2.75, 3.05) is 14.2 Å². The van der Waals surface area contributed by atoms with Crippen molar-refractivity contribution in [2.24, 2.45) is 4.99 Å². The van der Waals surface area contributed by atoms with E-state index in [4.69, 9.17) is 21.1 Å². The third-order valence-corrected chi connectivity index (χ3v) is 3.65. The smallest absolute Gasteiger partial charge is 0.152 e. The molecule has 2 rings (SSSR count). The summed E-state index contributed by atoms with van der Waals surface area (Å²) in [5.74, 6) is 1.44. The molecule has 0 spiro atoms. The van der Waals surface area contributed by atoms with Crippen molar-refractivity contribution in [3.05, 3.63) is 47.0 Å². The van der Waals surface area contributed by atoms with E-state index < -0.39 is 0 Å². The highest BCUT2D eigenvalue weighted by atomic mass is 35.5. The lowest BCUT2D eigenvalue weighted by Crippen LogP contribution is -1.92. The number of halogens is 1. The van der Waals surface area contributed by atoms with Crippen LogP contribution >= 0.6 is 11.6 Å². The van der Waals surface area contributed by atoms with Crippen LogP contribution in [0.15, 0.2) is 41.4 Å². The van der Waals surface area contributed by atoms with Gasteiger partial charge in [-0.2, -0.15) is 0 Å². The van der Waals surface area contributed by atoms with Gasteiger partial charge < -0.3 is 9.47 Å². The molecule has 0 aromatic heterocycles. The van der Waals surface area contributed by atoms with E-state index in [-0.39, 0.29) is 0 Å². The van der Waals surface area contributed by atoms with Crippen LogP contribution in [0.25, 0.3) is 17.2 Å². The zero-order valence-electron chi connectivity index (χ0n) is 12.9. The summed E-state index contributed by atoms with van der Waals surface area (Å²) in [6, 6.07) is 9.57. The molecule has 0 aliphatic carbocycles. The van der Waals surface area contributed by atoms with E-state index in [1.54, 1.807) is 14.2 Å². The van der Waals surface area contributed by atoms with Gasteiger partial charge in [-0.1, -0.05) is 35.9 Å². The summed E-state index contributed by atoms with van der Waals surface area (Å²) in [6.07, 6.45) is 3.80. The van der Waals surface area contributed by atoms with Crippen LogP contribution in [-0.4, -0.2) is 20.9 Å². The van der Waals surface area contributed by atoms with E-state index in [2.05, 4.69) is 11.7 Å². The van der Waals surface area contributed by atoms with Gasteiger partial charge in [0.25, 0.3) is 0 Å². The first-order valence-electron chi connectivity index (χ1n) is 6.80. The Morgan fingerprint density at radius 2 is 1.82 bits per heavy atom. The number of nitrogens with zero attached hydrogens (tertiary/aromatic N) is 1. The molecule has 0 saturated carbocycles. The molecule has 0 saturated heterocycles. The van der Waals surface area contributed by atoms with Crippen LogP contribution in [0, 0.1) is 0 Å². The summed E-state index contributed by atoms with van der Waals surface area (Å²) in [5.41, 5.74) is 3.27. The van der Waals surface area contributed by atoms with Crippen molar-refractivity contribution < 1.29 is 9.47 Å².